The third-order valence-electron chi connectivity index (χ3n) is 4.63. The number of carbonyl (C=O) groups is 1. The van der Waals surface area contributed by atoms with Crippen molar-refractivity contribution in [1.29, 1.82) is 0 Å². The van der Waals surface area contributed by atoms with Crippen molar-refractivity contribution >= 4 is 16.1 Å². The Morgan fingerprint density at radius 2 is 1.71 bits per heavy atom. The monoisotopic (exact) mass is 403 g/mol. The molecule has 3 rings (SSSR count). The lowest BCUT2D eigenvalue weighted by Gasteiger charge is -2.26. The van der Waals surface area contributed by atoms with Crippen molar-refractivity contribution in [2.75, 3.05) is 26.3 Å². The predicted molar refractivity (Wildman–Crippen MR) is 106 cm³/mol. The van der Waals surface area contributed by atoms with Crippen molar-refractivity contribution in [3.63, 3.8) is 0 Å². The second-order valence-electron chi connectivity index (χ2n) is 6.62. The molecule has 1 aliphatic heterocycles. The van der Waals surface area contributed by atoms with Crippen LogP contribution in [0, 0.1) is 0 Å². The van der Waals surface area contributed by atoms with Crippen LogP contribution in [0.3, 0.4) is 0 Å². The lowest BCUT2D eigenvalue weighted by Crippen LogP contribution is -2.40. The highest BCUT2D eigenvalue weighted by molar-refractivity contribution is 7.89. The summed E-state index contributed by atoms with van der Waals surface area (Å²) in [5.41, 5.74) is 1.85. The van der Waals surface area contributed by atoms with E-state index in [1.54, 1.807) is 24.3 Å². The van der Waals surface area contributed by atoms with Gasteiger partial charge in [-0.3, -0.25) is 0 Å². The number of urea groups is 1. The molecule has 1 heterocycles. The fourth-order valence-corrected chi connectivity index (χ4v) is 4.38. The highest BCUT2D eigenvalue weighted by atomic mass is 32.2. The van der Waals surface area contributed by atoms with Gasteiger partial charge in [0.15, 0.2) is 0 Å². The van der Waals surface area contributed by atoms with Crippen molar-refractivity contribution in [2.24, 2.45) is 0 Å². The Morgan fingerprint density at radius 3 is 2.36 bits per heavy atom. The van der Waals surface area contributed by atoms with Crippen LogP contribution in [0.15, 0.2) is 59.5 Å². The molecule has 2 N–H and O–H groups in total. The molecule has 7 nitrogen and oxygen atoms in total. The Labute approximate surface area is 165 Å². The van der Waals surface area contributed by atoms with E-state index in [0.29, 0.717) is 32.8 Å². The van der Waals surface area contributed by atoms with Crippen LogP contribution >= 0.6 is 0 Å². The molecule has 0 aromatic heterocycles. The zero-order valence-corrected chi connectivity index (χ0v) is 16.6. The highest BCUT2D eigenvalue weighted by Gasteiger charge is 2.26. The highest BCUT2D eigenvalue weighted by Crippen LogP contribution is 2.17. The van der Waals surface area contributed by atoms with Gasteiger partial charge in [-0.05, 0) is 30.2 Å². The largest absolute Gasteiger partial charge is 0.379 e. The molecule has 2 aromatic carbocycles. The van der Waals surface area contributed by atoms with Gasteiger partial charge in [0.1, 0.15) is 0 Å². The van der Waals surface area contributed by atoms with Gasteiger partial charge in [0.25, 0.3) is 0 Å². The lowest BCUT2D eigenvalue weighted by molar-refractivity contribution is 0.0730. The van der Waals surface area contributed by atoms with Gasteiger partial charge in [-0.25, -0.2) is 13.2 Å². The van der Waals surface area contributed by atoms with E-state index >= 15 is 0 Å². The van der Waals surface area contributed by atoms with Gasteiger partial charge in [0.2, 0.25) is 10.0 Å². The maximum absolute atomic E-state index is 12.6. The fourth-order valence-electron chi connectivity index (χ4n) is 2.97. The minimum absolute atomic E-state index is 0.109. The first-order chi connectivity index (χ1) is 13.5. The molecule has 0 bridgehead atoms. The quantitative estimate of drug-likeness (QED) is 0.775. The molecule has 8 heteroatoms. The summed E-state index contributed by atoms with van der Waals surface area (Å²) in [6, 6.07) is 15.9. The van der Waals surface area contributed by atoms with Crippen LogP contribution in [0.2, 0.25) is 0 Å². The maximum atomic E-state index is 12.6. The second-order valence-corrected chi connectivity index (χ2v) is 8.56. The summed E-state index contributed by atoms with van der Waals surface area (Å²) in [4.78, 5) is 12.3. The zero-order chi connectivity index (χ0) is 20.0. The second kappa shape index (κ2) is 9.18. The van der Waals surface area contributed by atoms with Gasteiger partial charge in [-0.15, -0.1) is 0 Å². The van der Waals surface area contributed by atoms with Gasteiger partial charge >= 0.3 is 6.03 Å². The maximum Gasteiger partial charge on any atom is 0.315 e. The van der Waals surface area contributed by atoms with Crippen LogP contribution in [0.25, 0.3) is 0 Å². The molecule has 1 fully saturated rings. The number of hydrogen-bond donors (Lipinski definition) is 2. The number of ether oxygens (including phenoxy) is 1. The summed E-state index contributed by atoms with van der Waals surface area (Å²) in [5.74, 6) is 0. The Kier molecular flexibility index (Phi) is 6.66. The molecule has 1 atom stereocenters. The molecule has 1 saturated heterocycles. The summed E-state index contributed by atoms with van der Waals surface area (Å²) in [7, 11) is -3.50. The molecule has 2 amide bonds. The SMILES string of the molecule is C[C@@H](NC(=O)NCc1ccc(S(=O)(=O)N2CCOCC2)cc1)c1ccccc1. The van der Waals surface area contributed by atoms with Crippen LogP contribution in [0.1, 0.15) is 24.1 Å². The zero-order valence-electron chi connectivity index (χ0n) is 15.8. The number of carbonyl (C=O) groups excluding carboxylic acids is 1. The van der Waals surface area contributed by atoms with Gasteiger partial charge in [0.05, 0.1) is 24.2 Å². The van der Waals surface area contributed by atoms with Gasteiger partial charge in [-0.1, -0.05) is 42.5 Å². The van der Waals surface area contributed by atoms with Crippen molar-refractivity contribution in [2.45, 2.75) is 24.4 Å². The Balaban J connectivity index is 1.53. The van der Waals surface area contributed by atoms with Crippen LogP contribution in [-0.4, -0.2) is 45.1 Å². The minimum Gasteiger partial charge on any atom is -0.379 e. The van der Waals surface area contributed by atoms with E-state index < -0.39 is 10.0 Å². The van der Waals surface area contributed by atoms with E-state index in [0.717, 1.165) is 11.1 Å². The average molecular weight is 404 g/mol. The predicted octanol–water partition coefficient (Wildman–Crippen LogP) is 2.27. The molecule has 0 saturated carbocycles. The number of benzene rings is 2. The third kappa shape index (κ3) is 5.09. The Morgan fingerprint density at radius 1 is 1.07 bits per heavy atom. The van der Waals surface area contributed by atoms with Gasteiger partial charge in [-0.2, -0.15) is 4.31 Å². The standard InChI is InChI=1S/C20H25N3O4S/c1-16(18-5-3-2-4-6-18)22-20(24)21-15-17-7-9-19(10-8-17)28(25,26)23-11-13-27-14-12-23/h2-10,16H,11-15H2,1H3,(H2,21,22,24)/t16-/m1/s1. The minimum atomic E-state index is -3.50. The van der Waals surface area contributed by atoms with E-state index in [-0.39, 0.29) is 17.0 Å². The number of nitrogens with one attached hydrogen (secondary N) is 2. The lowest BCUT2D eigenvalue weighted by atomic mass is 10.1. The number of rotatable bonds is 6. The smallest absolute Gasteiger partial charge is 0.315 e. The summed E-state index contributed by atoms with van der Waals surface area (Å²) >= 11 is 0. The van der Waals surface area contributed by atoms with E-state index in [1.165, 1.54) is 4.31 Å². The first-order valence-corrected chi connectivity index (χ1v) is 10.7. The first kappa shape index (κ1) is 20.3. The van der Waals surface area contributed by atoms with Crippen LogP contribution < -0.4 is 10.6 Å². The molecular formula is C20H25N3O4S. The normalized spacial score (nSPS) is 16.3. The average Bonchev–Trinajstić information content (AvgIpc) is 2.74. The van der Waals surface area contributed by atoms with Crippen molar-refractivity contribution in [3.05, 3.63) is 65.7 Å². The fraction of sp³-hybridized carbons (Fsp3) is 0.350. The number of amides is 2. The van der Waals surface area contributed by atoms with Crippen molar-refractivity contribution in [3.8, 4) is 0 Å². The number of hydrogen-bond acceptors (Lipinski definition) is 4. The first-order valence-electron chi connectivity index (χ1n) is 9.23. The molecule has 0 aliphatic carbocycles. The van der Waals surface area contributed by atoms with E-state index in [4.69, 9.17) is 4.74 Å². The molecule has 28 heavy (non-hydrogen) atoms. The summed E-state index contributed by atoms with van der Waals surface area (Å²) in [6.45, 7) is 3.79. The Hall–Kier alpha value is -2.42. The topological polar surface area (TPSA) is 87.7 Å². The van der Waals surface area contributed by atoms with Gasteiger partial charge < -0.3 is 15.4 Å². The van der Waals surface area contributed by atoms with Gasteiger partial charge in [0, 0.05) is 19.6 Å². The Bertz CT molecular complexity index is 879. The van der Waals surface area contributed by atoms with Crippen LogP contribution in [0.5, 0.6) is 0 Å². The molecular weight excluding hydrogens is 378 g/mol. The van der Waals surface area contributed by atoms with E-state index in [9.17, 15) is 13.2 Å². The van der Waals surface area contributed by atoms with Crippen molar-refractivity contribution < 1.29 is 17.9 Å². The van der Waals surface area contributed by atoms with E-state index in [2.05, 4.69) is 10.6 Å². The number of sulfonamides is 1. The van der Waals surface area contributed by atoms with Crippen molar-refractivity contribution in [1.82, 2.24) is 14.9 Å². The number of morpholine rings is 1. The molecule has 2 aromatic rings. The molecule has 0 unspecified atom stereocenters. The summed E-state index contributed by atoms with van der Waals surface area (Å²) in [6.07, 6.45) is 0. The summed E-state index contributed by atoms with van der Waals surface area (Å²) in [5, 5.41) is 5.68. The third-order valence-corrected chi connectivity index (χ3v) is 6.54. The van der Waals surface area contributed by atoms with Crippen LogP contribution in [0.4, 0.5) is 4.79 Å². The van der Waals surface area contributed by atoms with Crippen LogP contribution in [-0.2, 0) is 21.3 Å². The molecule has 0 spiro atoms. The molecule has 1 aliphatic rings. The summed E-state index contributed by atoms with van der Waals surface area (Å²) < 4.78 is 31.9. The molecule has 150 valence electrons. The van der Waals surface area contributed by atoms with E-state index in [1.807, 2.05) is 37.3 Å². The molecule has 0 radical (unpaired) electrons. The number of nitrogens with zero attached hydrogens (tertiary/aromatic N) is 1.